The standard InChI is InChI=1S/C9H11FN2O2/c10-6-2-1-3-7(4-6)12-8(5-11)9(13)14/h1-4,8,12H,5,11H2,(H,13,14). The van der Waals surface area contributed by atoms with Crippen LogP contribution in [0.3, 0.4) is 0 Å². The summed E-state index contributed by atoms with van der Waals surface area (Å²) >= 11 is 0. The second kappa shape index (κ2) is 4.57. The van der Waals surface area contributed by atoms with Crippen molar-refractivity contribution < 1.29 is 14.3 Å². The summed E-state index contributed by atoms with van der Waals surface area (Å²) in [5.74, 6) is -1.48. The Hall–Kier alpha value is -1.62. The third-order valence-electron chi connectivity index (χ3n) is 1.70. The van der Waals surface area contributed by atoms with Crippen LogP contribution >= 0.6 is 0 Å². The Bertz CT molecular complexity index is 330. The molecule has 1 atom stereocenters. The number of hydrogen-bond donors (Lipinski definition) is 3. The van der Waals surface area contributed by atoms with Gasteiger partial charge in [-0.1, -0.05) is 6.07 Å². The van der Waals surface area contributed by atoms with E-state index in [1.807, 2.05) is 0 Å². The summed E-state index contributed by atoms with van der Waals surface area (Å²) in [6, 6.07) is 4.67. The van der Waals surface area contributed by atoms with E-state index in [1.165, 1.54) is 18.2 Å². The Morgan fingerprint density at radius 1 is 1.64 bits per heavy atom. The first kappa shape index (κ1) is 10.5. The van der Waals surface area contributed by atoms with Crippen LogP contribution in [0.25, 0.3) is 0 Å². The molecule has 0 fully saturated rings. The van der Waals surface area contributed by atoms with Gasteiger partial charge in [-0.25, -0.2) is 9.18 Å². The van der Waals surface area contributed by atoms with Gasteiger partial charge in [-0.15, -0.1) is 0 Å². The van der Waals surface area contributed by atoms with E-state index in [1.54, 1.807) is 6.07 Å². The molecule has 0 radical (unpaired) electrons. The van der Waals surface area contributed by atoms with Crippen LogP contribution in [0.1, 0.15) is 0 Å². The van der Waals surface area contributed by atoms with Crippen LogP contribution in [0.5, 0.6) is 0 Å². The van der Waals surface area contributed by atoms with Crippen LogP contribution in [-0.2, 0) is 4.79 Å². The number of anilines is 1. The highest BCUT2D eigenvalue weighted by atomic mass is 19.1. The van der Waals surface area contributed by atoms with Gasteiger partial charge >= 0.3 is 5.97 Å². The number of rotatable bonds is 4. The molecule has 4 nitrogen and oxygen atoms in total. The third-order valence-corrected chi connectivity index (χ3v) is 1.70. The lowest BCUT2D eigenvalue weighted by Crippen LogP contribution is -2.36. The average molecular weight is 198 g/mol. The average Bonchev–Trinajstić information content (AvgIpc) is 2.14. The van der Waals surface area contributed by atoms with Crippen molar-refractivity contribution in [1.82, 2.24) is 0 Å². The van der Waals surface area contributed by atoms with E-state index >= 15 is 0 Å². The summed E-state index contributed by atoms with van der Waals surface area (Å²) < 4.78 is 12.7. The molecule has 1 unspecified atom stereocenters. The van der Waals surface area contributed by atoms with Crippen LogP contribution in [0, 0.1) is 5.82 Å². The zero-order valence-corrected chi connectivity index (χ0v) is 7.40. The molecule has 0 heterocycles. The quantitative estimate of drug-likeness (QED) is 0.664. The molecule has 0 aromatic heterocycles. The number of nitrogens with two attached hydrogens (primary N) is 1. The number of carboxylic acid groups (broad SMARTS) is 1. The summed E-state index contributed by atoms with van der Waals surface area (Å²) in [4.78, 5) is 10.6. The van der Waals surface area contributed by atoms with Crippen molar-refractivity contribution in [3.63, 3.8) is 0 Å². The molecule has 1 aromatic carbocycles. The molecule has 0 aliphatic rings. The molecule has 0 aliphatic carbocycles. The summed E-state index contributed by atoms with van der Waals surface area (Å²) in [5, 5.41) is 11.3. The van der Waals surface area contributed by atoms with Gasteiger partial charge in [0.2, 0.25) is 0 Å². The van der Waals surface area contributed by atoms with E-state index in [2.05, 4.69) is 5.32 Å². The van der Waals surface area contributed by atoms with Crippen LogP contribution in [0.2, 0.25) is 0 Å². The van der Waals surface area contributed by atoms with E-state index < -0.39 is 17.8 Å². The zero-order chi connectivity index (χ0) is 10.6. The molecule has 0 saturated carbocycles. The van der Waals surface area contributed by atoms with Gasteiger partial charge in [-0.2, -0.15) is 0 Å². The Morgan fingerprint density at radius 3 is 2.86 bits per heavy atom. The SMILES string of the molecule is NCC(Nc1cccc(F)c1)C(=O)O. The molecular weight excluding hydrogens is 187 g/mol. The predicted molar refractivity (Wildman–Crippen MR) is 50.5 cm³/mol. The Labute approximate surface area is 80.5 Å². The largest absolute Gasteiger partial charge is 0.480 e. The fourth-order valence-corrected chi connectivity index (χ4v) is 1.00. The topological polar surface area (TPSA) is 75.3 Å². The van der Waals surface area contributed by atoms with Gasteiger partial charge in [0.1, 0.15) is 11.9 Å². The maximum Gasteiger partial charge on any atom is 0.327 e. The molecule has 0 aliphatic heterocycles. The van der Waals surface area contributed by atoms with E-state index in [0.717, 1.165) is 0 Å². The molecule has 4 N–H and O–H groups in total. The molecule has 0 saturated heterocycles. The molecule has 76 valence electrons. The van der Waals surface area contributed by atoms with Gasteiger partial charge in [0.25, 0.3) is 0 Å². The third kappa shape index (κ3) is 2.70. The van der Waals surface area contributed by atoms with E-state index in [9.17, 15) is 9.18 Å². The number of carbonyl (C=O) groups is 1. The lowest BCUT2D eigenvalue weighted by Gasteiger charge is -2.13. The molecule has 0 bridgehead atoms. The number of halogens is 1. The van der Waals surface area contributed by atoms with Crippen LogP contribution in [0.4, 0.5) is 10.1 Å². The second-order valence-corrected chi connectivity index (χ2v) is 2.78. The maximum atomic E-state index is 12.7. The Kier molecular flexibility index (Phi) is 3.41. The molecule has 0 amide bonds. The van der Waals surface area contributed by atoms with Crippen molar-refractivity contribution in [2.75, 3.05) is 11.9 Å². The first-order valence-electron chi connectivity index (χ1n) is 4.08. The monoisotopic (exact) mass is 198 g/mol. The number of nitrogens with one attached hydrogen (secondary N) is 1. The molecule has 1 rings (SSSR count). The van der Waals surface area contributed by atoms with Crippen molar-refractivity contribution in [3.8, 4) is 0 Å². The van der Waals surface area contributed by atoms with Gasteiger partial charge in [0.05, 0.1) is 0 Å². The van der Waals surface area contributed by atoms with Crippen molar-refractivity contribution >= 4 is 11.7 Å². The predicted octanol–water partition coefficient (Wildman–Crippen LogP) is 0.649. The van der Waals surface area contributed by atoms with Gasteiger partial charge in [-0.05, 0) is 18.2 Å². The first-order valence-corrected chi connectivity index (χ1v) is 4.08. The zero-order valence-electron chi connectivity index (χ0n) is 7.40. The van der Waals surface area contributed by atoms with E-state index in [-0.39, 0.29) is 6.54 Å². The van der Waals surface area contributed by atoms with Crippen LogP contribution in [0.15, 0.2) is 24.3 Å². The van der Waals surface area contributed by atoms with E-state index in [0.29, 0.717) is 5.69 Å². The van der Waals surface area contributed by atoms with Gasteiger partial charge in [0, 0.05) is 12.2 Å². The minimum atomic E-state index is -1.06. The highest BCUT2D eigenvalue weighted by Gasteiger charge is 2.14. The number of carboxylic acids is 1. The van der Waals surface area contributed by atoms with Crippen LogP contribution in [-0.4, -0.2) is 23.7 Å². The van der Waals surface area contributed by atoms with Crippen molar-refractivity contribution in [3.05, 3.63) is 30.1 Å². The highest BCUT2D eigenvalue weighted by molar-refractivity contribution is 5.77. The second-order valence-electron chi connectivity index (χ2n) is 2.78. The normalized spacial score (nSPS) is 12.1. The van der Waals surface area contributed by atoms with Crippen molar-refractivity contribution in [2.45, 2.75) is 6.04 Å². The van der Waals surface area contributed by atoms with Crippen LogP contribution < -0.4 is 11.1 Å². The number of hydrogen-bond acceptors (Lipinski definition) is 3. The smallest absolute Gasteiger partial charge is 0.327 e. The molecule has 5 heteroatoms. The molecule has 14 heavy (non-hydrogen) atoms. The van der Waals surface area contributed by atoms with Gasteiger partial charge in [0.15, 0.2) is 0 Å². The highest BCUT2D eigenvalue weighted by Crippen LogP contribution is 2.10. The summed E-state index contributed by atoms with van der Waals surface area (Å²) in [5.41, 5.74) is 5.63. The maximum absolute atomic E-state index is 12.7. The lowest BCUT2D eigenvalue weighted by atomic mass is 10.2. The van der Waals surface area contributed by atoms with E-state index in [4.69, 9.17) is 10.8 Å². The Morgan fingerprint density at radius 2 is 2.36 bits per heavy atom. The first-order chi connectivity index (χ1) is 6.63. The Balaban J connectivity index is 2.72. The fraction of sp³-hybridized carbons (Fsp3) is 0.222. The summed E-state index contributed by atoms with van der Waals surface area (Å²) in [6.45, 7) is -0.0498. The summed E-state index contributed by atoms with van der Waals surface area (Å²) in [7, 11) is 0. The lowest BCUT2D eigenvalue weighted by molar-refractivity contribution is -0.137. The van der Waals surface area contributed by atoms with Gasteiger partial charge < -0.3 is 16.2 Å². The van der Waals surface area contributed by atoms with Crippen molar-refractivity contribution in [1.29, 1.82) is 0 Å². The molecule has 1 aromatic rings. The number of benzene rings is 1. The van der Waals surface area contributed by atoms with Gasteiger partial charge in [-0.3, -0.25) is 0 Å². The number of aliphatic carboxylic acids is 1. The minimum absolute atomic E-state index is 0.0498. The fourth-order valence-electron chi connectivity index (χ4n) is 1.00. The molecule has 0 spiro atoms. The minimum Gasteiger partial charge on any atom is -0.480 e. The molecular formula is C9H11FN2O2. The summed E-state index contributed by atoms with van der Waals surface area (Å²) in [6.07, 6.45) is 0. The van der Waals surface area contributed by atoms with Crippen molar-refractivity contribution in [2.24, 2.45) is 5.73 Å².